The maximum Gasteiger partial charge on any atom is 0.310 e. The van der Waals surface area contributed by atoms with E-state index in [0.29, 0.717) is 16.9 Å². The average molecular weight is 316 g/mol. The molecule has 0 fully saturated rings. The zero-order valence-corrected chi connectivity index (χ0v) is 13.0. The van der Waals surface area contributed by atoms with Crippen LogP contribution in [0, 0.1) is 0 Å². The Kier molecular flexibility index (Phi) is 5.24. The van der Waals surface area contributed by atoms with Crippen LogP contribution in [0.3, 0.4) is 0 Å². The van der Waals surface area contributed by atoms with Crippen molar-refractivity contribution in [2.24, 2.45) is 0 Å². The van der Waals surface area contributed by atoms with Gasteiger partial charge in [0.05, 0.1) is 26.2 Å². The zero-order valence-electron chi connectivity index (χ0n) is 13.0. The minimum Gasteiger partial charge on any atom is -0.481 e. The van der Waals surface area contributed by atoms with E-state index in [9.17, 15) is 9.59 Å². The van der Waals surface area contributed by atoms with Crippen molar-refractivity contribution >= 4 is 11.8 Å². The lowest BCUT2D eigenvalue weighted by molar-refractivity contribution is -0.139. The largest absolute Gasteiger partial charge is 0.481 e. The molecule has 0 unspecified atom stereocenters. The Bertz CT molecular complexity index is 730. The molecular formula is C16H16N2O5. The van der Waals surface area contributed by atoms with E-state index in [1.54, 1.807) is 24.3 Å². The first-order valence-electron chi connectivity index (χ1n) is 6.78. The second kappa shape index (κ2) is 7.35. The molecule has 0 bridgehead atoms. The summed E-state index contributed by atoms with van der Waals surface area (Å²) in [7, 11) is 2.72. The third kappa shape index (κ3) is 4.03. The van der Waals surface area contributed by atoms with E-state index in [1.165, 1.54) is 27.5 Å². The Labute approximate surface area is 133 Å². The van der Waals surface area contributed by atoms with Crippen molar-refractivity contribution in [3.05, 3.63) is 41.7 Å². The minimum absolute atomic E-state index is 0.0782. The fourth-order valence-electron chi connectivity index (χ4n) is 1.90. The van der Waals surface area contributed by atoms with Gasteiger partial charge in [-0.2, -0.15) is 0 Å². The maximum atomic E-state index is 11.6. The number of methoxy groups -OCH3 is 2. The third-order valence-electron chi connectivity index (χ3n) is 3.06. The molecule has 0 N–H and O–H groups in total. The zero-order chi connectivity index (χ0) is 16.8. The van der Waals surface area contributed by atoms with Crippen molar-refractivity contribution in [1.82, 2.24) is 9.97 Å². The van der Waals surface area contributed by atoms with Crippen molar-refractivity contribution in [2.75, 3.05) is 14.2 Å². The normalized spacial score (nSPS) is 10.0. The Morgan fingerprint density at radius 3 is 2.52 bits per heavy atom. The fraction of sp³-hybridized carbons (Fsp3) is 0.250. The number of carbonyl (C=O) groups is 2. The van der Waals surface area contributed by atoms with Gasteiger partial charge >= 0.3 is 5.97 Å². The van der Waals surface area contributed by atoms with Crippen LogP contribution in [0.1, 0.15) is 22.8 Å². The van der Waals surface area contributed by atoms with E-state index in [-0.39, 0.29) is 24.0 Å². The van der Waals surface area contributed by atoms with Gasteiger partial charge in [-0.05, 0) is 19.1 Å². The summed E-state index contributed by atoms with van der Waals surface area (Å²) in [5, 5.41) is 0. The summed E-state index contributed by atoms with van der Waals surface area (Å²) in [6.45, 7) is 1.47. The van der Waals surface area contributed by atoms with Gasteiger partial charge in [0.2, 0.25) is 11.8 Å². The summed E-state index contributed by atoms with van der Waals surface area (Å²) in [5.74, 6) is 0.265. The Balaban J connectivity index is 2.37. The van der Waals surface area contributed by atoms with Gasteiger partial charge in [0.15, 0.2) is 5.78 Å². The van der Waals surface area contributed by atoms with E-state index >= 15 is 0 Å². The topological polar surface area (TPSA) is 87.6 Å². The molecule has 0 saturated heterocycles. The van der Waals surface area contributed by atoms with Gasteiger partial charge in [-0.3, -0.25) is 9.59 Å². The SMILES string of the molecule is COC(=O)Cc1c(OC)ncnc1Oc1cccc(C(C)=O)c1. The van der Waals surface area contributed by atoms with Crippen molar-refractivity contribution in [1.29, 1.82) is 0 Å². The highest BCUT2D eigenvalue weighted by Crippen LogP contribution is 2.29. The van der Waals surface area contributed by atoms with Crippen molar-refractivity contribution in [3.63, 3.8) is 0 Å². The number of hydrogen-bond acceptors (Lipinski definition) is 7. The lowest BCUT2D eigenvalue weighted by Gasteiger charge is -2.12. The molecule has 2 aromatic rings. The number of Topliss-reactive ketones (excluding diaryl/α,β-unsaturated/α-hetero) is 1. The molecule has 0 aliphatic carbocycles. The van der Waals surface area contributed by atoms with Crippen LogP contribution in [-0.4, -0.2) is 35.9 Å². The molecule has 0 radical (unpaired) electrons. The summed E-state index contributed by atoms with van der Waals surface area (Å²) in [4.78, 5) is 31.0. The van der Waals surface area contributed by atoms with Crippen LogP contribution < -0.4 is 9.47 Å². The molecule has 0 spiro atoms. The fourth-order valence-corrected chi connectivity index (χ4v) is 1.90. The first kappa shape index (κ1) is 16.4. The lowest BCUT2D eigenvalue weighted by atomic mass is 10.1. The highest BCUT2D eigenvalue weighted by molar-refractivity contribution is 5.94. The molecule has 7 heteroatoms. The Hall–Kier alpha value is -2.96. The van der Waals surface area contributed by atoms with Crippen LogP contribution in [0.15, 0.2) is 30.6 Å². The number of ketones is 1. The summed E-state index contributed by atoms with van der Waals surface area (Å²) >= 11 is 0. The van der Waals surface area contributed by atoms with Crippen molar-refractivity contribution < 1.29 is 23.8 Å². The van der Waals surface area contributed by atoms with Crippen LogP contribution in [0.4, 0.5) is 0 Å². The molecule has 2 rings (SSSR count). The van der Waals surface area contributed by atoms with Gasteiger partial charge in [0.1, 0.15) is 12.1 Å². The second-order valence-corrected chi connectivity index (χ2v) is 4.61. The molecule has 0 aliphatic rings. The Morgan fingerprint density at radius 2 is 1.87 bits per heavy atom. The van der Waals surface area contributed by atoms with Gasteiger partial charge in [0.25, 0.3) is 0 Å². The summed E-state index contributed by atoms with van der Waals surface area (Å²) in [6, 6.07) is 6.66. The van der Waals surface area contributed by atoms with E-state index < -0.39 is 5.97 Å². The van der Waals surface area contributed by atoms with Crippen LogP contribution >= 0.6 is 0 Å². The standard InChI is InChI=1S/C16H16N2O5/c1-10(19)11-5-4-6-12(7-11)23-16-13(8-14(20)21-2)15(22-3)17-9-18-16/h4-7,9H,8H2,1-3H3. The third-order valence-corrected chi connectivity index (χ3v) is 3.06. The number of aromatic nitrogens is 2. The number of esters is 1. The quantitative estimate of drug-likeness (QED) is 0.596. The first-order valence-corrected chi connectivity index (χ1v) is 6.78. The van der Waals surface area contributed by atoms with Gasteiger partial charge in [-0.1, -0.05) is 12.1 Å². The Morgan fingerprint density at radius 1 is 1.13 bits per heavy atom. The second-order valence-electron chi connectivity index (χ2n) is 4.61. The molecule has 7 nitrogen and oxygen atoms in total. The van der Waals surface area contributed by atoms with E-state index in [1.807, 2.05) is 0 Å². The predicted molar refractivity (Wildman–Crippen MR) is 80.8 cm³/mol. The summed E-state index contributed by atoms with van der Waals surface area (Å²) in [6.07, 6.45) is 1.17. The molecule has 1 aromatic heterocycles. The molecular weight excluding hydrogens is 300 g/mol. The van der Waals surface area contributed by atoms with Gasteiger partial charge < -0.3 is 14.2 Å². The van der Waals surface area contributed by atoms with Crippen LogP contribution in [-0.2, 0) is 16.0 Å². The van der Waals surface area contributed by atoms with E-state index in [2.05, 4.69) is 14.7 Å². The van der Waals surface area contributed by atoms with Crippen LogP contribution in [0.5, 0.6) is 17.5 Å². The van der Waals surface area contributed by atoms with Crippen molar-refractivity contribution in [2.45, 2.75) is 13.3 Å². The van der Waals surface area contributed by atoms with Crippen molar-refractivity contribution in [3.8, 4) is 17.5 Å². The number of carbonyl (C=O) groups excluding carboxylic acids is 2. The van der Waals surface area contributed by atoms with E-state index in [4.69, 9.17) is 9.47 Å². The number of hydrogen-bond donors (Lipinski definition) is 0. The number of ether oxygens (including phenoxy) is 3. The monoisotopic (exact) mass is 316 g/mol. The number of rotatable bonds is 6. The minimum atomic E-state index is -0.472. The summed E-state index contributed by atoms with van der Waals surface area (Å²) < 4.78 is 15.5. The van der Waals surface area contributed by atoms with Crippen LogP contribution in [0.25, 0.3) is 0 Å². The molecule has 0 atom stereocenters. The molecule has 120 valence electrons. The number of nitrogens with zero attached hydrogens (tertiary/aromatic N) is 2. The summed E-state index contributed by atoms with van der Waals surface area (Å²) in [5.41, 5.74) is 0.883. The maximum absolute atomic E-state index is 11.6. The number of benzene rings is 1. The smallest absolute Gasteiger partial charge is 0.310 e. The molecule has 1 heterocycles. The lowest BCUT2D eigenvalue weighted by Crippen LogP contribution is -2.09. The van der Waals surface area contributed by atoms with Gasteiger partial charge in [0, 0.05) is 5.56 Å². The molecule has 1 aromatic carbocycles. The highest BCUT2D eigenvalue weighted by atomic mass is 16.5. The van der Waals surface area contributed by atoms with Gasteiger partial charge in [-0.25, -0.2) is 9.97 Å². The molecule has 23 heavy (non-hydrogen) atoms. The predicted octanol–water partition coefficient (Wildman–Crippen LogP) is 2.20. The molecule has 0 amide bonds. The van der Waals surface area contributed by atoms with Gasteiger partial charge in [-0.15, -0.1) is 0 Å². The molecule has 0 saturated carbocycles. The van der Waals surface area contributed by atoms with E-state index in [0.717, 1.165) is 0 Å². The molecule has 0 aliphatic heterocycles. The highest BCUT2D eigenvalue weighted by Gasteiger charge is 2.18. The average Bonchev–Trinajstić information content (AvgIpc) is 2.56. The van der Waals surface area contributed by atoms with Crippen LogP contribution in [0.2, 0.25) is 0 Å². The first-order chi connectivity index (χ1) is 11.0.